The summed E-state index contributed by atoms with van der Waals surface area (Å²) in [6.45, 7) is 2.22. The normalized spacial score (nSPS) is 48.2. The monoisotopic (exact) mass is 284 g/mol. The molecule has 0 aliphatic carbocycles. The van der Waals surface area contributed by atoms with Crippen LogP contribution in [0.1, 0.15) is 19.3 Å². The molecule has 0 spiro atoms. The maximum atomic E-state index is 13.7. The Balaban J connectivity index is 2.20. The van der Waals surface area contributed by atoms with Crippen LogP contribution in [0.15, 0.2) is 0 Å². The molecule has 2 N–H and O–H groups in total. The third-order valence-corrected chi connectivity index (χ3v) is 3.85. The van der Waals surface area contributed by atoms with E-state index in [1.807, 2.05) is 22.6 Å². The molecular weight excluding hydrogens is 270 g/mol. The average molecular weight is 284 g/mol. The van der Waals surface area contributed by atoms with Crippen molar-refractivity contribution in [2.75, 3.05) is 19.6 Å². The van der Waals surface area contributed by atoms with Crippen molar-refractivity contribution < 1.29 is 4.39 Å². The zero-order chi connectivity index (χ0) is 8.82. The summed E-state index contributed by atoms with van der Waals surface area (Å²) >= 11 is 1.92. The first kappa shape index (κ1) is 9.15. The maximum Gasteiger partial charge on any atom is 0.175 e. The molecule has 12 heavy (non-hydrogen) atoms. The van der Waals surface area contributed by atoms with Gasteiger partial charge in [-0.15, -0.1) is 0 Å². The van der Waals surface area contributed by atoms with Gasteiger partial charge in [-0.1, -0.05) is 0 Å². The molecular formula is C8H14FIN2. The highest BCUT2D eigenvalue weighted by Crippen LogP contribution is 2.47. The van der Waals surface area contributed by atoms with E-state index in [-0.39, 0.29) is 5.54 Å². The van der Waals surface area contributed by atoms with Gasteiger partial charge in [-0.05, 0) is 42.0 Å². The highest BCUT2D eigenvalue weighted by molar-refractivity contribution is 14.1. The van der Waals surface area contributed by atoms with Crippen molar-refractivity contribution in [3.8, 4) is 0 Å². The predicted molar refractivity (Wildman–Crippen MR) is 55.1 cm³/mol. The van der Waals surface area contributed by atoms with Gasteiger partial charge in [-0.25, -0.2) is 4.39 Å². The molecule has 2 saturated heterocycles. The predicted octanol–water partition coefficient (Wildman–Crippen LogP) is 1.28. The van der Waals surface area contributed by atoms with Crippen LogP contribution >= 0.6 is 22.6 Å². The molecule has 2 unspecified atom stereocenters. The zero-order valence-electron chi connectivity index (χ0n) is 7.02. The molecule has 2 aliphatic rings. The van der Waals surface area contributed by atoms with Gasteiger partial charge in [0.1, 0.15) is 0 Å². The Morgan fingerprint density at radius 3 is 2.92 bits per heavy atom. The average Bonchev–Trinajstić information content (AvgIpc) is 2.40. The number of halogens is 2. The first-order valence-electron chi connectivity index (χ1n) is 4.41. The third-order valence-electron chi connectivity index (χ3n) is 3.13. The van der Waals surface area contributed by atoms with Crippen LogP contribution in [-0.4, -0.2) is 33.7 Å². The number of hydrogen-bond donors (Lipinski definition) is 1. The summed E-state index contributed by atoms with van der Waals surface area (Å²) in [6, 6.07) is 0. The zero-order valence-corrected chi connectivity index (χ0v) is 9.18. The topological polar surface area (TPSA) is 29.3 Å². The van der Waals surface area contributed by atoms with Gasteiger partial charge in [0, 0.05) is 25.0 Å². The Morgan fingerprint density at radius 1 is 1.58 bits per heavy atom. The number of hydrogen-bond acceptors (Lipinski definition) is 2. The van der Waals surface area contributed by atoms with Crippen molar-refractivity contribution in [2.24, 2.45) is 5.73 Å². The summed E-state index contributed by atoms with van der Waals surface area (Å²) in [4.78, 5) is 2.24. The maximum absolute atomic E-state index is 13.7. The summed E-state index contributed by atoms with van der Waals surface area (Å²) in [5.41, 5.74) is 5.73. The third kappa shape index (κ3) is 1.28. The van der Waals surface area contributed by atoms with E-state index in [0.717, 1.165) is 13.0 Å². The van der Waals surface area contributed by atoms with Gasteiger partial charge < -0.3 is 5.73 Å². The summed E-state index contributed by atoms with van der Waals surface area (Å²) < 4.78 is 12.6. The molecule has 0 saturated carbocycles. The Bertz CT molecular complexity index is 197. The summed E-state index contributed by atoms with van der Waals surface area (Å²) in [7, 11) is 0. The highest BCUT2D eigenvalue weighted by atomic mass is 127. The van der Waals surface area contributed by atoms with Crippen molar-refractivity contribution in [3.63, 3.8) is 0 Å². The van der Waals surface area contributed by atoms with E-state index in [4.69, 9.17) is 5.73 Å². The van der Waals surface area contributed by atoms with Crippen LogP contribution in [-0.2, 0) is 0 Å². The highest BCUT2D eigenvalue weighted by Gasteiger charge is 2.53. The van der Waals surface area contributed by atoms with Gasteiger partial charge in [0.15, 0.2) is 3.68 Å². The molecule has 2 aliphatic heterocycles. The molecule has 2 nitrogen and oxygen atoms in total. The lowest BCUT2D eigenvalue weighted by molar-refractivity contribution is 0.203. The first-order chi connectivity index (χ1) is 5.58. The Labute approximate surface area is 85.8 Å². The van der Waals surface area contributed by atoms with E-state index in [2.05, 4.69) is 4.90 Å². The summed E-state index contributed by atoms with van der Waals surface area (Å²) in [6.07, 6.45) is 2.89. The molecule has 4 heteroatoms. The fourth-order valence-electron chi connectivity index (χ4n) is 2.56. The van der Waals surface area contributed by atoms with Crippen molar-refractivity contribution in [2.45, 2.75) is 28.5 Å². The molecule has 2 fully saturated rings. The van der Waals surface area contributed by atoms with Crippen LogP contribution in [0.3, 0.4) is 0 Å². The molecule has 2 atom stereocenters. The lowest BCUT2D eigenvalue weighted by Crippen LogP contribution is -2.44. The quantitative estimate of drug-likeness (QED) is 0.580. The van der Waals surface area contributed by atoms with Crippen LogP contribution in [0.2, 0.25) is 0 Å². The van der Waals surface area contributed by atoms with E-state index >= 15 is 0 Å². The lowest BCUT2D eigenvalue weighted by atomic mass is 9.94. The molecule has 0 bridgehead atoms. The molecule has 70 valence electrons. The molecule has 0 amide bonds. The minimum Gasteiger partial charge on any atom is -0.329 e. The molecule has 0 aromatic rings. The van der Waals surface area contributed by atoms with Crippen LogP contribution < -0.4 is 5.73 Å². The Morgan fingerprint density at radius 2 is 2.33 bits per heavy atom. The van der Waals surface area contributed by atoms with Gasteiger partial charge in [-0.3, -0.25) is 4.90 Å². The van der Waals surface area contributed by atoms with Crippen molar-refractivity contribution in [3.05, 3.63) is 0 Å². The molecule has 0 aromatic carbocycles. The minimum atomic E-state index is -1.03. The van der Waals surface area contributed by atoms with Crippen LogP contribution in [0, 0.1) is 0 Å². The smallest absolute Gasteiger partial charge is 0.175 e. The van der Waals surface area contributed by atoms with E-state index in [1.54, 1.807) is 0 Å². The fraction of sp³-hybridized carbons (Fsp3) is 1.00. The number of rotatable bonds is 1. The second kappa shape index (κ2) is 2.78. The lowest BCUT2D eigenvalue weighted by Gasteiger charge is -2.29. The van der Waals surface area contributed by atoms with Gasteiger partial charge in [-0.2, -0.15) is 0 Å². The van der Waals surface area contributed by atoms with Gasteiger partial charge in [0.25, 0.3) is 0 Å². The fourth-order valence-corrected chi connectivity index (χ4v) is 3.68. The number of alkyl halides is 2. The van der Waals surface area contributed by atoms with Gasteiger partial charge in [0.05, 0.1) is 0 Å². The van der Waals surface area contributed by atoms with Gasteiger partial charge in [0.2, 0.25) is 0 Å². The number of nitrogens with two attached hydrogens (primary N) is 1. The Kier molecular flexibility index (Phi) is 2.12. The first-order valence-corrected chi connectivity index (χ1v) is 5.49. The molecule has 2 rings (SSSR count). The van der Waals surface area contributed by atoms with Crippen molar-refractivity contribution in [1.29, 1.82) is 0 Å². The van der Waals surface area contributed by atoms with Crippen LogP contribution in [0.4, 0.5) is 4.39 Å². The van der Waals surface area contributed by atoms with E-state index < -0.39 is 3.68 Å². The second-order valence-corrected chi connectivity index (χ2v) is 5.92. The van der Waals surface area contributed by atoms with E-state index in [1.165, 1.54) is 6.42 Å². The van der Waals surface area contributed by atoms with Gasteiger partial charge >= 0.3 is 0 Å². The van der Waals surface area contributed by atoms with Crippen molar-refractivity contribution >= 4 is 22.6 Å². The number of fused-ring (bicyclic) bond motifs is 1. The molecule has 0 radical (unpaired) electrons. The minimum absolute atomic E-state index is 0.00986. The molecule has 2 heterocycles. The van der Waals surface area contributed by atoms with Crippen LogP contribution in [0.5, 0.6) is 0 Å². The van der Waals surface area contributed by atoms with Crippen molar-refractivity contribution in [1.82, 2.24) is 4.90 Å². The van der Waals surface area contributed by atoms with Crippen LogP contribution in [0.25, 0.3) is 0 Å². The molecule has 0 aromatic heterocycles. The number of nitrogens with zero attached hydrogens (tertiary/aromatic N) is 1. The van der Waals surface area contributed by atoms with E-state index in [9.17, 15) is 4.39 Å². The largest absolute Gasteiger partial charge is 0.329 e. The standard InChI is InChI=1S/C8H14FIN2/c9-8(10)4-7(5-11)2-1-3-12(7)6-8/h1-6,11H2. The summed E-state index contributed by atoms with van der Waals surface area (Å²) in [5.74, 6) is 0. The summed E-state index contributed by atoms with van der Waals surface area (Å²) in [5, 5.41) is 0. The SMILES string of the molecule is NCC12CCCN1CC(F)(I)C2. The Hall–Kier alpha value is 0.580. The second-order valence-electron chi connectivity index (χ2n) is 3.99. The van der Waals surface area contributed by atoms with E-state index in [0.29, 0.717) is 19.5 Å².